The van der Waals surface area contributed by atoms with Gasteiger partial charge in [0.1, 0.15) is 11.3 Å². The number of aromatic nitrogens is 1. The molecule has 1 aromatic rings. The molecule has 1 saturated carbocycles. The van der Waals surface area contributed by atoms with Crippen molar-refractivity contribution in [2.24, 2.45) is 5.41 Å². The molecule has 0 atom stereocenters. The molecule has 1 saturated heterocycles. The van der Waals surface area contributed by atoms with Crippen LogP contribution in [0.2, 0.25) is 0 Å². The van der Waals surface area contributed by atoms with E-state index in [1.54, 1.807) is 4.90 Å². The van der Waals surface area contributed by atoms with Gasteiger partial charge in [0, 0.05) is 24.7 Å². The van der Waals surface area contributed by atoms with E-state index in [1.165, 1.54) is 12.3 Å². The molecule has 132 valence electrons. The summed E-state index contributed by atoms with van der Waals surface area (Å²) in [6.07, 6.45) is -1.63. The van der Waals surface area contributed by atoms with Crippen LogP contribution in [-0.4, -0.2) is 34.7 Å². The Kier molecular flexibility index (Phi) is 3.81. The average molecular weight is 342 g/mol. The maximum Gasteiger partial charge on any atom is 0.433 e. The minimum absolute atomic E-state index is 0.101. The molecule has 1 aliphatic heterocycles. The summed E-state index contributed by atoms with van der Waals surface area (Å²) in [6, 6.07) is 2.55. The van der Waals surface area contributed by atoms with Crippen molar-refractivity contribution in [2.45, 2.75) is 51.3 Å². The SMILES string of the molecule is CC(C)(C)OC(=O)N1CC2(CC(c3ccc(C(F)(F)F)nc3)C2)C1. The van der Waals surface area contributed by atoms with Crippen LogP contribution >= 0.6 is 0 Å². The van der Waals surface area contributed by atoms with Gasteiger partial charge in [-0.05, 0) is 51.2 Å². The fourth-order valence-electron chi connectivity index (χ4n) is 3.51. The molecule has 0 bridgehead atoms. The number of hydrogen-bond acceptors (Lipinski definition) is 3. The van der Waals surface area contributed by atoms with Gasteiger partial charge >= 0.3 is 12.3 Å². The van der Waals surface area contributed by atoms with E-state index in [2.05, 4.69) is 4.98 Å². The predicted octanol–water partition coefficient (Wildman–Crippen LogP) is 4.21. The van der Waals surface area contributed by atoms with Crippen LogP contribution in [0.4, 0.5) is 18.0 Å². The lowest BCUT2D eigenvalue weighted by Gasteiger charge is -2.58. The number of amides is 1. The summed E-state index contributed by atoms with van der Waals surface area (Å²) in [7, 11) is 0. The number of halogens is 3. The third kappa shape index (κ3) is 3.35. The van der Waals surface area contributed by atoms with Crippen LogP contribution in [-0.2, 0) is 10.9 Å². The lowest BCUT2D eigenvalue weighted by atomic mass is 9.56. The van der Waals surface area contributed by atoms with Crippen LogP contribution in [0.3, 0.4) is 0 Å². The molecular weight excluding hydrogens is 321 g/mol. The predicted molar refractivity (Wildman–Crippen MR) is 81.5 cm³/mol. The van der Waals surface area contributed by atoms with Gasteiger partial charge in [0.2, 0.25) is 0 Å². The number of carbonyl (C=O) groups is 1. The maximum atomic E-state index is 12.5. The largest absolute Gasteiger partial charge is 0.444 e. The van der Waals surface area contributed by atoms with Crippen molar-refractivity contribution in [1.29, 1.82) is 0 Å². The highest BCUT2D eigenvalue weighted by Crippen LogP contribution is 2.56. The molecule has 1 aromatic heterocycles. The second-order valence-corrected chi connectivity index (χ2v) is 7.92. The molecule has 0 N–H and O–H groups in total. The second-order valence-electron chi connectivity index (χ2n) is 7.92. The summed E-state index contributed by atoms with van der Waals surface area (Å²) in [6.45, 7) is 6.81. The number of alkyl halides is 3. The second kappa shape index (κ2) is 5.36. The Hall–Kier alpha value is -1.79. The first-order valence-electron chi connectivity index (χ1n) is 7.99. The Morgan fingerprint density at radius 2 is 1.88 bits per heavy atom. The number of hydrogen-bond donors (Lipinski definition) is 0. The van der Waals surface area contributed by atoms with Gasteiger partial charge in [-0.2, -0.15) is 13.2 Å². The van der Waals surface area contributed by atoms with Crippen LogP contribution in [0.15, 0.2) is 18.3 Å². The molecule has 0 aromatic carbocycles. The highest BCUT2D eigenvalue weighted by Gasteiger charge is 2.54. The first kappa shape index (κ1) is 17.0. The van der Waals surface area contributed by atoms with Crippen LogP contribution < -0.4 is 0 Å². The molecule has 24 heavy (non-hydrogen) atoms. The molecule has 7 heteroatoms. The molecule has 2 heterocycles. The van der Waals surface area contributed by atoms with Crippen molar-refractivity contribution in [1.82, 2.24) is 9.88 Å². The Labute approximate surface area is 139 Å². The van der Waals surface area contributed by atoms with Crippen LogP contribution in [0.1, 0.15) is 50.8 Å². The summed E-state index contributed by atoms with van der Waals surface area (Å²) in [5.74, 6) is 0.223. The normalized spacial score (nSPS) is 20.5. The standard InChI is InChI=1S/C17H21F3N2O2/c1-15(2,3)24-14(23)22-9-16(10-22)6-12(7-16)11-4-5-13(21-8-11)17(18,19)20/h4-5,8,12H,6-7,9-10H2,1-3H3. The van der Waals surface area contributed by atoms with Crippen LogP contribution in [0, 0.1) is 5.41 Å². The molecule has 0 unspecified atom stereocenters. The third-order valence-electron chi connectivity index (χ3n) is 4.61. The Balaban J connectivity index is 1.51. The Morgan fingerprint density at radius 1 is 1.25 bits per heavy atom. The van der Waals surface area contributed by atoms with Gasteiger partial charge in [-0.1, -0.05) is 6.07 Å². The first-order chi connectivity index (χ1) is 11.0. The topological polar surface area (TPSA) is 42.4 Å². The van der Waals surface area contributed by atoms with Crippen LogP contribution in [0.5, 0.6) is 0 Å². The minimum Gasteiger partial charge on any atom is -0.444 e. The van der Waals surface area contributed by atoms with Crippen molar-refractivity contribution >= 4 is 6.09 Å². The average Bonchev–Trinajstić information content (AvgIpc) is 2.32. The fraction of sp³-hybridized carbons (Fsp3) is 0.647. The zero-order chi connectivity index (χ0) is 17.8. The van der Waals surface area contributed by atoms with Gasteiger partial charge < -0.3 is 9.64 Å². The number of likely N-dealkylation sites (tertiary alicyclic amines) is 1. The highest BCUT2D eigenvalue weighted by molar-refractivity contribution is 5.69. The summed E-state index contributed by atoms with van der Waals surface area (Å²) in [4.78, 5) is 17.1. The van der Waals surface area contributed by atoms with E-state index in [0.717, 1.165) is 24.5 Å². The number of rotatable bonds is 1. The highest BCUT2D eigenvalue weighted by atomic mass is 19.4. The van der Waals surface area contributed by atoms with Gasteiger partial charge in [-0.15, -0.1) is 0 Å². The molecular formula is C17H21F3N2O2. The summed E-state index contributed by atoms with van der Waals surface area (Å²) in [5.41, 5.74) is -0.428. The van der Waals surface area contributed by atoms with Crippen molar-refractivity contribution in [3.63, 3.8) is 0 Å². The zero-order valence-corrected chi connectivity index (χ0v) is 14.0. The molecule has 2 fully saturated rings. The Bertz CT molecular complexity index is 621. The monoisotopic (exact) mass is 342 g/mol. The molecule has 1 aliphatic carbocycles. The van der Waals surface area contributed by atoms with E-state index in [0.29, 0.717) is 13.1 Å². The van der Waals surface area contributed by atoms with Crippen molar-refractivity contribution in [3.05, 3.63) is 29.6 Å². The van der Waals surface area contributed by atoms with E-state index in [4.69, 9.17) is 4.74 Å². The number of pyridine rings is 1. The quantitative estimate of drug-likeness (QED) is 0.768. The summed E-state index contributed by atoms with van der Waals surface area (Å²) < 4.78 is 42.9. The van der Waals surface area contributed by atoms with Crippen molar-refractivity contribution < 1.29 is 22.7 Å². The minimum atomic E-state index is -4.40. The molecule has 3 rings (SSSR count). The molecule has 4 nitrogen and oxygen atoms in total. The van der Waals surface area contributed by atoms with E-state index in [1.807, 2.05) is 20.8 Å². The summed E-state index contributed by atoms with van der Waals surface area (Å²) >= 11 is 0. The molecule has 2 aliphatic rings. The van der Waals surface area contributed by atoms with Gasteiger partial charge in [-0.25, -0.2) is 4.79 Å². The Morgan fingerprint density at radius 3 is 2.33 bits per heavy atom. The van der Waals surface area contributed by atoms with Gasteiger partial charge in [0.05, 0.1) is 0 Å². The first-order valence-corrected chi connectivity index (χ1v) is 7.99. The van der Waals surface area contributed by atoms with E-state index < -0.39 is 17.5 Å². The van der Waals surface area contributed by atoms with E-state index >= 15 is 0 Å². The van der Waals surface area contributed by atoms with Crippen LogP contribution in [0.25, 0.3) is 0 Å². The molecule has 1 amide bonds. The van der Waals surface area contributed by atoms with Crippen molar-refractivity contribution in [3.8, 4) is 0 Å². The lowest BCUT2D eigenvalue weighted by Crippen LogP contribution is -2.63. The smallest absolute Gasteiger partial charge is 0.433 e. The fourth-order valence-corrected chi connectivity index (χ4v) is 3.51. The van der Waals surface area contributed by atoms with Gasteiger partial charge in [0.25, 0.3) is 0 Å². The molecule has 1 spiro atoms. The zero-order valence-electron chi connectivity index (χ0n) is 14.0. The van der Waals surface area contributed by atoms with E-state index in [-0.39, 0.29) is 17.4 Å². The third-order valence-corrected chi connectivity index (χ3v) is 4.61. The lowest BCUT2D eigenvalue weighted by molar-refractivity contribution is -0.141. The number of carbonyl (C=O) groups excluding carboxylic acids is 1. The number of ether oxygens (including phenoxy) is 1. The number of nitrogens with zero attached hydrogens (tertiary/aromatic N) is 2. The van der Waals surface area contributed by atoms with Gasteiger partial charge in [0.15, 0.2) is 0 Å². The maximum absolute atomic E-state index is 12.5. The van der Waals surface area contributed by atoms with Crippen molar-refractivity contribution in [2.75, 3.05) is 13.1 Å². The van der Waals surface area contributed by atoms with E-state index in [9.17, 15) is 18.0 Å². The molecule has 0 radical (unpaired) electrons. The summed E-state index contributed by atoms with van der Waals surface area (Å²) in [5, 5.41) is 0. The van der Waals surface area contributed by atoms with Gasteiger partial charge in [-0.3, -0.25) is 4.98 Å².